The predicted molar refractivity (Wildman–Crippen MR) is 76.1 cm³/mol. The van der Waals surface area contributed by atoms with Crippen LogP contribution >= 0.6 is 11.3 Å². The molecule has 2 N–H and O–H groups in total. The van der Waals surface area contributed by atoms with Gasteiger partial charge in [-0.15, -0.1) is 0 Å². The summed E-state index contributed by atoms with van der Waals surface area (Å²) in [6, 6.07) is 2.59. The fourth-order valence-electron chi connectivity index (χ4n) is 2.44. The molecule has 0 spiro atoms. The maximum absolute atomic E-state index is 5.81. The van der Waals surface area contributed by atoms with E-state index in [2.05, 4.69) is 14.5 Å². The minimum Gasteiger partial charge on any atom is -0.375 e. The van der Waals surface area contributed by atoms with E-state index in [-0.39, 0.29) is 0 Å². The summed E-state index contributed by atoms with van der Waals surface area (Å²) < 4.78 is 2.32. The first kappa shape index (κ1) is 10.9. The summed E-state index contributed by atoms with van der Waals surface area (Å²) in [4.78, 5) is 14.3. The number of hydrogen-bond acceptors (Lipinski definition) is 5. The molecule has 0 unspecified atom stereocenters. The molecule has 3 aromatic rings. The zero-order valence-corrected chi connectivity index (χ0v) is 11.3. The third kappa shape index (κ3) is 1.63. The SMILES string of the molecule is Cc1nc(N)sc1-c1nc2cnccc2n1C1CC1. The maximum atomic E-state index is 5.81. The number of imidazole rings is 1. The molecule has 4 rings (SSSR count). The van der Waals surface area contributed by atoms with E-state index in [9.17, 15) is 0 Å². The lowest BCUT2D eigenvalue weighted by atomic mass is 10.3. The van der Waals surface area contributed by atoms with Gasteiger partial charge in [0.15, 0.2) is 11.0 Å². The highest BCUT2D eigenvalue weighted by molar-refractivity contribution is 7.18. The largest absolute Gasteiger partial charge is 0.375 e. The fraction of sp³-hybridized carbons (Fsp3) is 0.308. The number of fused-ring (bicyclic) bond motifs is 1. The predicted octanol–water partition coefficient (Wildman–Crippen LogP) is 2.78. The minimum absolute atomic E-state index is 0.560. The Morgan fingerprint density at radius 3 is 2.89 bits per heavy atom. The summed E-state index contributed by atoms with van der Waals surface area (Å²) in [5.41, 5.74) is 8.85. The van der Waals surface area contributed by atoms with E-state index in [4.69, 9.17) is 10.7 Å². The third-order valence-electron chi connectivity index (χ3n) is 3.42. The molecular weight excluding hydrogens is 258 g/mol. The van der Waals surface area contributed by atoms with Gasteiger partial charge in [-0.2, -0.15) is 0 Å². The van der Waals surface area contributed by atoms with Crippen molar-refractivity contribution in [1.82, 2.24) is 19.5 Å². The third-order valence-corrected chi connectivity index (χ3v) is 4.40. The summed E-state index contributed by atoms with van der Waals surface area (Å²) >= 11 is 1.50. The average Bonchev–Trinajstić information content (AvgIpc) is 3.07. The molecule has 6 heteroatoms. The van der Waals surface area contributed by atoms with E-state index in [1.807, 2.05) is 25.4 Å². The number of nitrogens with two attached hydrogens (primary N) is 1. The summed E-state index contributed by atoms with van der Waals surface area (Å²) in [5, 5.41) is 0.597. The molecule has 0 saturated heterocycles. The molecule has 19 heavy (non-hydrogen) atoms. The first-order valence-corrected chi connectivity index (χ1v) is 7.11. The molecule has 1 fully saturated rings. The molecule has 0 aromatic carbocycles. The van der Waals surface area contributed by atoms with Gasteiger partial charge in [-0.25, -0.2) is 9.97 Å². The highest BCUT2D eigenvalue weighted by Crippen LogP contribution is 2.43. The van der Waals surface area contributed by atoms with Gasteiger partial charge < -0.3 is 10.3 Å². The first-order valence-electron chi connectivity index (χ1n) is 6.29. The number of thiazole rings is 1. The van der Waals surface area contributed by atoms with Gasteiger partial charge in [0.2, 0.25) is 0 Å². The molecule has 0 bridgehead atoms. The molecule has 1 saturated carbocycles. The van der Waals surface area contributed by atoms with Gasteiger partial charge in [0.05, 0.1) is 22.3 Å². The van der Waals surface area contributed by atoms with Gasteiger partial charge in [-0.3, -0.25) is 4.98 Å². The second-order valence-corrected chi connectivity index (χ2v) is 5.90. The Bertz CT molecular complexity index is 769. The zero-order valence-electron chi connectivity index (χ0n) is 10.5. The van der Waals surface area contributed by atoms with Crippen molar-refractivity contribution in [2.75, 3.05) is 5.73 Å². The minimum atomic E-state index is 0.560. The van der Waals surface area contributed by atoms with Crippen LogP contribution in [0.15, 0.2) is 18.5 Å². The van der Waals surface area contributed by atoms with E-state index >= 15 is 0 Å². The van der Waals surface area contributed by atoms with Crippen molar-refractivity contribution in [3.05, 3.63) is 24.2 Å². The van der Waals surface area contributed by atoms with Crippen LogP contribution in [0.4, 0.5) is 5.13 Å². The van der Waals surface area contributed by atoms with Crippen LogP contribution in [0.3, 0.4) is 0 Å². The van der Waals surface area contributed by atoms with E-state index in [1.165, 1.54) is 24.2 Å². The van der Waals surface area contributed by atoms with Crippen molar-refractivity contribution in [2.45, 2.75) is 25.8 Å². The molecule has 1 aliphatic carbocycles. The maximum Gasteiger partial charge on any atom is 0.180 e. The van der Waals surface area contributed by atoms with Crippen molar-refractivity contribution in [3.8, 4) is 10.7 Å². The second kappa shape index (κ2) is 3.77. The average molecular weight is 271 g/mol. The molecular formula is C13H13N5S. The van der Waals surface area contributed by atoms with Crippen LogP contribution in [0, 0.1) is 6.92 Å². The standard InChI is InChI=1S/C13H13N5S/c1-7-11(19-13(14)16-7)12-17-9-6-15-5-4-10(9)18(12)8-2-3-8/h4-6,8H,2-3H2,1H3,(H2,14,16). The lowest BCUT2D eigenvalue weighted by Gasteiger charge is -2.05. The highest BCUT2D eigenvalue weighted by atomic mass is 32.1. The number of nitrogens with zero attached hydrogens (tertiary/aromatic N) is 4. The van der Waals surface area contributed by atoms with E-state index in [0.29, 0.717) is 11.2 Å². The van der Waals surface area contributed by atoms with Crippen molar-refractivity contribution in [3.63, 3.8) is 0 Å². The van der Waals surface area contributed by atoms with Crippen LogP contribution in [0.25, 0.3) is 21.7 Å². The number of anilines is 1. The van der Waals surface area contributed by atoms with Crippen LogP contribution in [0.2, 0.25) is 0 Å². The zero-order chi connectivity index (χ0) is 13.0. The van der Waals surface area contributed by atoms with Crippen molar-refractivity contribution in [1.29, 1.82) is 0 Å². The monoisotopic (exact) mass is 271 g/mol. The van der Waals surface area contributed by atoms with Gasteiger partial charge in [-0.05, 0) is 25.8 Å². The summed E-state index contributed by atoms with van der Waals surface area (Å²) in [5.74, 6) is 0.984. The molecule has 3 heterocycles. The van der Waals surface area contributed by atoms with Crippen molar-refractivity contribution in [2.24, 2.45) is 0 Å². The first-order chi connectivity index (χ1) is 9.24. The Morgan fingerprint density at radius 1 is 1.37 bits per heavy atom. The lowest BCUT2D eigenvalue weighted by Crippen LogP contribution is -1.97. The second-order valence-electron chi connectivity index (χ2n) is 4.87. The van der Waals surface area contributed by atoms with Crippen LogP contribution in [0.5, 0.6) is 0 Å². The fourth-order valence-corrected chi connectivity index (χ4v) is 3.26. The van der Waals surface area contributed by atoms with Gasteiger partial charge in [0, 0.05) is 12.2 Å². The number of pyridine rings is 1. The summed E-state index contributed by atoms with van der Waals surface area (Å²) in [6.07, 6.45) is 6.07. The Morgan fingerprint density at radius 2 is 2.21 bits per heavy atom. The van der Waals surface area contributed by atoms with E-state index in [1.54, 1.807) is 0 Å². The summed E-state index contributed by atoms with van der Waals surface area (Å²) in [6.45, 7) is 1.98. The van der Waals surface area contributed by atoms with Crippen LogP contribution in [-0.2, 0) is 0 Å². The van der Waals surface area contributed by atoms with E-state index in [0.717, 1.165) is 27.4 Å². The quantitative estimate of drug-likeness (QED) is 0.778. The van der Waals surface area contributed by atoms with Gasteiger partial charge in [0.25, 0.3) is 0 Å². The van der Waals surface area contributed by atoms with Gasteiger partial charge in [-0.1, -0.05) is 11.3 Å². The number of rotatable bonds is 2. The molecule has 0 radical (unpaired) electrons. The number of nitrogen functional groups attached to an aromatic ring is 1. The van der Waals surface area contributed by atoms with Crippen molar-refractivity contribution < 1.29 is 0 Å². The molecule has 0 aliphatic heterocycles. The molecule has 0 atom stereocenters. The van der Waals surface area contributed by atoms with E-state index < -0.39 is 0 Å². The Labute approximate surface area is 114 Å². The van der Waals surface area contributed by atoms with Crippen LogP contribution < -0.4 is 5.73 Å². The Balaban J connectivity index is 2.03. The summed E-state index contributed by atoms with van der Waals surface area (Å²) in [7, 11) is 0. The van der Waals surface area contributed by atoms with Crippen LogP contribution in [0.1, 0.15) is 24.6 Å². The smallest absolute Gasteiger partial charge is 0.180 e. The number of aryl methyl sites for hydroxylation is 1. The molecule has 96 valence electrons. The topological polar surface area (TPSA) is 69.6 Å². The van der Waals surface area contributed by atoms with Gasteiger partial charge in [0.1, 0.15) is 5.52 Å². The van der Waals surface area contributed by atoms with Crippen molar-refractivity contribution >= 4 is 27.5 Å². The molecule has 3 aromatic heterocycles. The Kier molecular flexibility index (Phi) is 2.17. The lowest BCUT2D eigenvalue weighted by molar-refractivity contribution is 0.776. The highest BCUT2D eigenvalue weighted by Gasteiger charge is 2.29. The molecule has 1 aliphatic rings. The molecule has 5 nitrogen and oxygen atoms in total. The normalized spacial score (nSPS) is 15.2. The van der Waals surface area contributed by atoms with Gasteiger partial charge >= 0.3 is 0 Å². The van der Waals surface area contributed by atoms with Crippen LogP contribution in [-0.4, -0.2) is 19.5 Å². The number of aromatic nitrogens is 4. The number of hydrogen-bond donors (Lipinski definition) is 1. The Hall–Kier alpha value is -1.95. The molecule has 0 amide bonds.